The molecule has 4 N–H and O–H groups in total. The second-order valence-corrected chi connectivity index (χ2v) is 4.19. The van der Waals surface area contributed by atoms with Crippen molar-refractivity contribution in [3.05, 3.63) is 63.8 Å². The smallest absolute Gasteiger partial charge is 0.269 e. The second kappa shape index (κ2) is 6.44. The summed E-state index contributed by atoms with van der Waals surface area (Å²) in [5, 5.41) is 13.3. The molecule has 0 aliphatic carbocycles. The Hall–Kier alpha value is -3.00. The number of nitro groups is 1. The van der Waals surface area contributed by atoms with Crippen LogP contribution < -0.4 is 16.6 Å². The quantitative estimate of drug-likeness (QED) is 0.431. The van der Waals surface area contributed by atoms with Crippen LogP contribution in [0.4, 0.5) is 11.5 Å². The number of pyridine rings is 1. The minimum Gasteiger partial charge on any atom is -0.348 e. The van der Waals surface area contributed by atoms with Gasteiger partial charge in [-0.25, -0.2) is 10.8 Å². The first-order valence-electron chi connectivity index (χ1n) is 6.04. The van der Waals surface area contributed by atoms with Gasteiger partial charge in [0.2, 0.25) is 0 Å². The maximum atomic E-state index is 11.9. The lowest BCUT2D eigenvalue weighted by atomic mass is 10.2. The summed E-state index contributed by atoms with van der Waals surface area (Å²) in [6.07, 6.45) is 1.39. The van der Waals surface area contributed by atoms with E-state index in [2.05, 4.69) is 15.7 Å². The molecular weight excluding hydrogens is 274 g/mol. The molecule has 21 heavy (non-hydrogen) atoms. The summed E-state index contributed by atoms with van der Waals surface area (Å²) in [6.45, 7) is 0.192. The number of hydrazine groups is 1. The molecule has 1 aromatic carbocycles. The number of nitrogens with two attached hydrogens (primary N) is 1. The molecule has 0 atom stereocenters. The third-order valence-electron chi connectivity index (χ3n) is 2.75. The minimum atomic E-state index is -0.478. The molecule has 0 bridgehead atoms. The summed E-state index contributed by atoms with van der Waals surface area (Å²) in [4.78, 5) is 26.0. The Labute approximate surface area is 120 Å². The van der Waals surface area contributed by atoms with E-state index in [1.54, 1.807) is 24.3 Å². The molecule has 1 heterocycles. The van der Waals surface area contributed by atoms with Crippen LogP contribution in [0.1, 0.15) is 15.9 Å². The molecule has 0 fully saturated rings. The van der Waals surface area contributed by atoms with Crippen molar-refractivity contribution < 1.29 is 9.72 Å². The van der Waals surface area contributed by atoms with E-state index in [0.29, 0.717) is 16.9 Å². The highest BCUT2D eigenvalue weighted by molar-refractivity contribution is 5.94. The van der Waals surface area contributed by atoms with Gasteiger partial charge in [-0.2, -0.15) is 0 Å². The molecule has 2 aromatic rings. The molecule has 8 heteroatoms. The van der Waals surface area contributed by atoms with E-state index < -0.39 is 4.92 Å². The van der Waals surface area contributed by atoms with Gasteiger partial charge in [0.05, 0.1) is 10.5 Å². The van der Waals surface area contributed by atoms with Crippen LogP contribution in [0.2, 0.25) is 0 Å². The molecule has 108 valence electrons. The molecule has 0 saturated heterocycles. The number of carbonyl (C=O) groups excluding carboxylic acids is 1. The van der Waals surface area contributed by atoms with E-state index in [4.69, 9.17) is 5.84 Å². The molecular formula is C13H13N5O3. The van der Waals surface area contributed by atoms with Crippen molar-refractivity contribution in [1.82, 2.24) is 10.3 Å². The number of amides is 1. The Kier molecular flexibility index (Phi) is 4.42. The molecule has 0 aliphatic heterocycles. The third kappa shape index (κ3) is 3.74. The lowest BCUT2D eigenvalue weighted by Gasteiger charge is -2.06. The third-order valence-corrected chi connectivity index (χ3v) is 2.75. The number of nitrogens with one attached hydrogen (secondary N) is 2. The summed E-state index contributed by atoms with van der Waals surface area (Å²) in [6, 6.07) is 9.23. The predicted octanol–water partition coefficient (Wildman–Crippen LogP) is 1.21. The van der Waals surface area contributed by atoms with Crippen LogP contribution >= 0.6 is 0 Å². The topological polar surface area (TPSA) is 123 Å². The average Bonchev–Trinajstić information content (AvgIpc) is 2.53. The molecule has 1 amide bonds. The maximum Gasteiger partial charge on any atom is 0.269 e. The normalized spacial score (nSPS) is 9.95. The lowest BCUT2D eigenvalue weighted by molar-refractivity contribution is -0.384. The highest BCUT2D eigenvalue weighted by Crippen LogP contribution is 2.13. The van der Waals surface area contributed by atoms with Crippen LogP contribution in [0.5, 0.6) is 0 Å². The van der Waals surface area contributed by atoms with Gasteiger partial charge in [0, 0.05) is 24.9 Å². The fourth-order valence-corrected chi connectivity index (χ4v) is 1.68. The largest absolute Gasteiger partial charge is 0.348 e. The van der Waals surface area contributed by atoms with Gasteiger partial charge >= 0.3 is 0 Å². The molecule has 0 radical (unpaired) electrons. The van der Waals surface area contributed by atoms with E-state index in [-0.39, 0.29) is 18.1 Å². The van der Waals surface area contributed by atoms with Crippen molar-refractivity contribution in [2.75, 3.05) is 5.43 Å². The summed E-state index contributed by atoms with van der Waals surface area (Å²) in [5.74, 6) is 5.31. The number of carbonyl (C=O) groups is 1. The van der Waals surface area contributed by atoms with Crippen molar-refractivity contribution in [1.29, 1.82) is 0 Å². The number of benzene rings is 1. The standard InChI is InChI=1S/C13H13N5O3/c14-17-12-5-4-10(8-15-12)13(19)16-7-9-2-1-3-11(6-9)18(20)21/h1-6,8H,7,14H2,(H,15,17)(H,16,19). The summed E-state index contributed by atoms with van der Waals surface area (Å²) >= 11 is 0. The van der Waals surface area contributed by atoms with Gasteiger partial charge in [0.1, 0.15) is 5.82 Å². The number of nitrogen functional groups attached to an aromatic ring is 1. The molecule has 0 spiro atoms. The number of nitro benzene ring substituents is 1. The number of hydrogen-bond acceptors (Lipinski definition) is 6. The number of rotatable bonds is 5. The van der Waals surface area contributed by atoms with Gasteiger partial charge < -0.3 is 10.7 Å². The molecule has 1 aromatic heterocycles. The van der Waals surface area contributed by atoms with Crippen LogP contribution in [-0.4, -0.2) is 15.8 Å². The fourth-order valence-electron chi connectivity index (χ4n) is 1.68. The Morgan fingerprint density at radius 1 is 1.33 bits per heavy atom. The molecule has 0 saturated carbocycles. The number of non-ortho nitro benzene ring substituents is 1. The summed E-state index contributed by atoms with van der Waals surface area (Å²) in [5.41, 5.74) is 3.37. The second-order valence-electron chi connectivity index (χ2n) is 4.19. The van der Waals surface area contributed by atoms with Gasteiger partial charge in [0.25, 0.3) is 11.6 Å². The highest BCUT2D eigenvalue weighted by atomic mass is 16.6. The van der Waals surface area contributed by atoms with Gasteiger partial charge in [0.15, 0.2) is 0 Å². The zero-order valence-electron chi connectivity index (χ0n) is 10.9. The number of anilines is 1. The van der Waals surface area contributed by atoms with Crippen molar-refractivity contribution in [2.24, 2.45) is 5.84 Å². The molecule has 0 aliphatic rings. The molecule has 8 nitrogen and oxygen atoms in total. The minimum absolute atomic E-state index is 0.0122. The van der Waals surface area contributed by atoms with Gasteiger partial charge in [-0.05, 0) is 17.7 Å². The van der Waals surface area contributed by atoms with E-state index in [0.717, 1.165) is 0 Å². The Morgan fingerprint density at radius 3 is 2.76 bits per heavy atom. The Bertz CT molecular complexity index is 657. The first-order chi connectivity index (χ1) is 10.1. The van der Waals surface area contributed by atoms with Crippen LogP contribution in [0, 0.1) is 10.1 Å². The van der Waals surface area contributed by atoms with E-state index >= 15 is 0 Å². The van der Waals surface area contributed by atoms with Crippen LogP contribution in [0.25, 0.3) is 0 Å². The Morgan fingerprint density at radius 2 is 2.14 bits per heavy atom. The van der Waals surface area contributed by atoms with Crippen molar-refractivity contribution in [3.63, 3.8) is 0 Å². The number of hydrogen-bond donors (Lipinski definition) is 3. The van der Waals surface area contributed by atoms with Crippen molar-refractivity contribution in [3.8, 4) is 0 Å². The van der Waals surface area contributed by atoms with E-state index in [1.807, 2.05) is 0 Å². The SMILES string of the molecule is NNc1ccc(C(=O)NCc2cccc([N+](=O)[O-])c2)cn1. The van der Waals surface area contributed by atoms with Crippen molar-refractivity contribution >= 4 is 17.4 Å². The van der Waals surface area contributed by atoms with Gasteiger partial charge in [-0.15, -0.1) is 0 Å². The summed E-state index contributed by atoms with van der Waals surface area (Å²) < 4.78 is 0. The number of nitrogens with zero attached hydrogens (tertiary/aromatic N) is 2. The highest BCUT2D eigenvalue weighted by Gasteiger charge is 2.08. The van der Waals surface area contributed by atoms with Crippen molar-refractivity contribution in [2.45, 2.75) is 6.54 Å². The first-order valence-corrected chi connectivity index (χ1v) is 6.04. The lowest BCUT2D eigenvalue weighted by Crippen LogP contribution is -2.23. The van der Waals surface area contributed by atoms with Crippen LogP contribution in [-0.2, 0) is 6.54 Å². The maximum absolute atomic E-state index is 11.9. The average molecular weight is 287 g/mol. The van der Waals surface area contributed by atoms with Crippen LogP contribution in [0.3, 0.4) is 0 Å². The number of aromatic nitrogens is 1. The van der Waals surface area contributed by atoms with E-state index in [9.17, 15) is 14.9 Å². The fraction of sp³-hybridized carbons (Fsp3) is 0.0769. The molecule has 0 unspecified atom stereocenters. The van der Waals surface area contributed by atoms with E-state index in [1.165, 1.54) is 18.3 Å². The van der Waals surface area contributed by atoms with Crippen LogP contribution in [0.15, 0.2) is 42.6 Å². The predicted molar refractivity (Wildman–Crippen MR) is 76.3 cm³/mol. The van der Waals surface area contributed by atoms with Gasteiger partial charge in [-0.3, -0.25) is 14.9 Å². The summed E-state index contributed by atoms with van der Waals surface area (Å²) in [7, 11) is 0. The first kappa shape index (κ1) is 14.4. The zero-order chi connectivity index (χ0) is 15.2. The molecule has 2 rings (SSSR count). The Balaban J connectivity index is 2.00. The van der Waals surface area contributed by atoms with Gasteiger partial charge in [-0.1, -0.05) is 12.1 Å². The monoisotopic (exact) mass is 287 g/mol. The zero-order valence-corrected chi connectivity index (χ0v) is 10.9.